The van der Waals surface area contributed by atoms with Gasteiger partial charge in [0.15, 0.2) is 0 Å². The molecule has 0 saturated heterocycles. The number of rotatable bonds is 4. The van der Waals surface area contributed by atoms with Gasteiger partial charge in [0.1, 0.15) is 0 Å². The van der Waals surface area contributed by atoms with Crippen molar-refractivity contribution < 1.29 is 0 Å². The van der Waals surface area contributed by atoms with Crippen molar-refractivity contribution in [1.29, 1.82) is 0 Å². The summed E-state index contributed by atoms with van der Waals surface area (Å²) in [6.45, 7) is 7.76. The molecule has 0 heteroatoms. The molecule has 9 atom stereocenters. The van der Waals surface area contributed by atoms with E-state index >= 15 is 0 Å². The molecule has 0 heterocycles. The molecular weight excluding hydrogens is 276 g/mol. The maximum absolute atomic E-state index is 2.69. The van der Waals surface area contributed by atoms with Crippen molar-refractivity contribution in [3.63, 3.8) is 0 Å². The van der Waals surface area contributed by atoms with Crippen LogP contribution >= 0.6 is 0 Å². The van der Waals surface area contributed by atoms with Gasteiger partial charge in [0.25, 0.3) is 0 Å². The fourth-order valence-electron chi connectivity index (χ4n) is 9.03. The Labute approximate surface area is 143 Å². The Morgan fingerprint density at radius 1 is 0.870 bits per heavy atom. The SMILES string of the molecule is CC1CC1C1(C2CC3CC(C)(CC4CC5(C)CC45)CC32)CCC1. The topological polar surface area (TPSA) is 0 Å². The summed E-state index contributed by atoms with van der Waals surface area (Å²) in [6, 6.07) is 0. The smallest absolute Gasteiger partial charge is 0.0235 e. The van der Waals surface area contributed by atoms with Gasteiger partial charge >= 0.3 is 0 Å². The predicted molar refractivity (Wildman–Crippen MR) is 94.9 cm³/mol. The monoisotopic (exact) mass is 312 g/mol. The van der Waals surface area contributed by atoms with Crippen LogP contribution in [0.15, 0.2) is 0 Å². The Morgan fingerprint density at radius 3 is 2.17 bits per heavy atom. The Balaban J connectivity index is 1.15. The summed E-state index contributed by atoms with van der Waals surface area (Å²) in [6.07, 6.45) is 15.9. The summed E-state index contributed by atoms with van der Waals surface area (Å²) in [5.41, 5.74) is 2.43. The summed E-state index contributed by atoms with van der Waals surface area (Å²) in [5, 5.41) is 0. The predicted octanol–water partition coefficient (Wildman–Crippen LogP) is 6.30. The maximum atomic E-state index is 2.69. The summed E-state index contributed by atoms with van der Waals surface area (Å²) in [4.78, 5) is 0. The van der Waals surface area contributed by atoms with E-state index in [0.29, 0.717) is 0 Å². The molecule has 0 amide bonds. The van der Waals surface area contributed by atoms with E-state index in [2.05, 4.69) is 20.8 Å². The van der Waals surface area contributed by atoms with Crippen LogP contribution in [-0.2, 0) is 0 Å². The van der Waals surface area contributed by atoms with Crippen molar-refractivity contribution >= 4 is 0 Å². The van der Waals surface area contributed by atoms with Gasteiger partial charge in [-0.3, -0.25) is 0 Å². The molecule has 0 aromatic rings. The van der Waals surface area contributed by atoms with E-state index in [4.69, 9.17) is 0 Å². The van der Waals surface area contributed by atoms with E-state index in [9.17, 15) is 0 Å². The zero-order valence-corrected chi connectivity index (χ0v) is 15.6. The lowest BCUT2D eigenvalue weighted by atomic mass is 9.47. The fraction of sp³-hybridized carbons (Fsp3) is 1.00. The third-order valence-corrected chi connectivity index (χ3v) is 10.5. The molecule has 6 aliphatic carbocycles. The largest absolute Gasteiger partial charge is 0.0622 e. The third kappa shape index (κ3) is 1.75. The number of hydrogen-bond donors (Lipinski definition) is 0. The van der Waals surface area contributed by atoms with Crippen LogP contribution in [-0.4, -0.2) is 0 Å². The van der Waals surface area contributed by atoms with Gasteiger partial charge in [-0.25, -0.2) is 0 Å². The van der Waals surface area contributed by atoms with Crippen molar-refractivity contribution in [2.45, 2.75) is 85.0 Å². The quantitative estimate of drug-likeness (QED) is 0.571. The highest BCUT2D eigenvalue weighted by Gasteiger charge is 2.67. The van der Waals surface area contributed by atoms with E-state index in [-0.39, 0.29) is 0 Å². The minimum atomic E-state index is 0.735. The summed E-state index contributed by atoms with van der Waals surface area (Å²) < 4.78 is 0. The van der Waals surface area contributed by atoms with Crippen LogP contribution in [0.25, 0.3) is 0 Å². The highest BCUT2D eigenvalue weighted by molar-refractivity contribution is 5.16. The summed E-state index contributed by atoms with van der Waals surface area (Å²) in [5.74, 6) is 7.95. The molecular formula is C23H36. The first-order valence-electron chi connectivity index (χ1n) is 10.9. The van der Waals surface area contributed by atoms with Crippen molar-refractivity contribution in [2.75, 3.05) is 0 Å². The standard InChI is InChI=1S/C23H36/c1-14-7-18(14)23(5-4-6-23)19-8-15-9-21(2,12-17(15)19)10-16-11-22(3)13-20(16)22/h14-20H,4-13H2,1-3H3. The van der Waals surface area contributed by atoms with Crippen molar-refractivity contribution in [3.8, 4) is 0 Å². The zero-order chi connectivity index (χ0) is 15.6. The zero-order valence-electron chi connectivity index (χ0n) is 15.6. The molecule has 9 unspecified atom stereocenters. The molecule has 0 aromatic carbocycles. The molecule has 0 aromatic heterocycles. The van der Waals surface area contributed by atoms with Crippen LogP contribution in [0.5, 0.6) is 0 Å². The molecule has 0 spiro atoms. The molecule has 0 N–H and O–H groups in total. The molecule has 6 aliphatic rings. The molecule has 6 saturated carbocycles. The third-order valence-electron chi connectivity index (χ3n) is 10.5. The first-order valence-corrected chi connectivity index (χ1v) is 10.9. The first-order chi connectivity index (χ1) is 10.9. The van der Waals surface area contributed by atoms with Crippen LogP contribution in [0, 0.1) is 57.7 Å². The Morgan fingerprint density at radius 2 is 1.65 bits per heavy atom. The van der Waals surface area contributed by atoms with Gasteiger partial charge in [-0.05, 0) is 115 Å². The molecule has 0 aliphatic heterocycles. The van der Waals surface area contributed by atoms with Crippen molar-refractivity contribution in [1.82, 2.24) is 0 Å². The minimum Gasteiger partial charge on any atom is -0.0622 e. The van der Waals surface area contributed by atoms with Crippen molar-refractivity contribution in [3.05, 3.63) is 0 Å². The second kappa shape index (κ2) is 4.04. The minimum absolute atomic E-state index is 0.735. The Bertz CT molecular complexity index is 544. The first kappa shape index (κ1) is 14.2. The van der Waals surface area contributed by atoms with Gasteiger partial charge in [-0.15, -0.1) is 0 Å². The van der Waals surface area contributed by atoms with E-state index < -0.39 is 0 Å². The Kier molecular flexibility index (Phi) is 2.49. The van der Waals surface area contributed by atoms with E-state index in [0.717, 1.165) is 57.7 Å². The van der Waals surface area contributed by atoms with Gasteiger partial charge in [-0.1, -0.05) is 27.2 Å². The number of hydrogen-bond acceptors (Lipinski definition) is 0. The van der Waals surface area contributed by atoms with E-state index in [1.54, 1.807) is 64.2 Å². The van der Waals surface area contributed by atoms with Gasteiger partial charge < -0.3 is 0 Å². The highest BCUT2D eigenvalue weighted by atomic mass is 14.7. The second-order valence-corrected chi connectivity index (χ2v) is 12.0. The summed E-state index contributed by atoms with van der Waals surface area (Å²) in [7, 11) is 0. The average Bonchev–Trinajstić information content (AvgIpc) is 3.26. The van der Waals surface area contributed by atoms with Gasteiger partial charge in [-0.2, -0.15) is 0 Å². The lowest BCUT2D eigenvalue weighted by molar-refractivity contribution is -0.0896. The molecule has 0 bridgehead atoms. The van der Waals surface area contributed by atoms with E-state index in [1.165, 1.54) is 0 Å². The average molecular weight is 313 g/mol. The molecule has 23 heavy (non-hydrogen) atoms. The molecule has 6 fully saturated rings. The fourth-order valence-corrected chi connectivity index (χ4v) is 9.03. The van der Waals surface area contributed by atoms with Crippen LogP contribution in [0.3, 0.4) is 0 Å². The highest BCUT2D eigenvalue weighted by Crippen LogP contribution is 2.76. The molecule has 0 radical (unpaired) electrons. The molecule has 6 rings (SSSR count). The van der Waals surface area contributed by atoms with Gasteiger partial charge in [0, 0.05) is 0 Å². The second-order valence-electron chi connectivity index (χ2n) is 12.0. The number of fused-ring (bicyclic) bond motifs is 2. The molecule has 128 valence electrons. The lowest BCUT2D eigenvalue weighted by Crippen LogP contribution is -2.50. The molecule has 0 nitrogen and oxygen atoms in total. The van der Waals surface area contributed by atoms with Crippen molar-refractivity contribution in [2.24, 2.45) is 57.7 Å². The Hall–Kier alpha value is 0. The maximum Gasteiger partial charge on any atom is -0.0235 e. The lowest BCUT2D eigenvalue weighted by Gasteiger charge is -2.58. The van der Waals surface area contributed by atoms with Crippen LogP contribution in [0.4, 0.5) is 0 Å². The normalized spacial score (nSPS) is 64.0. The van der Waals surface area contributed by atoms with E-state index in [1.807, 2.05) is 0 Å². The van der Waals surface area contributed by atoms with Crippen LogP contribution < -0.4 is 0 Å². The van der Waals surface area contributed by atoms with Gasteiger partial charge in [0.2, 0.25) is 0 Å². The van der Waals surface area contributed by atoms with Crippen LogP contribution in [0.1, 0.15) is 85.0 Å². The van der Waals surface area contributed by atoms with Gasteiger partial charge in [0.05, 0.1) is 0 Å². The van der Waals surface area contributed by atoms with Crippen LogP contribution in [0.2, 0.25) is 0 Å². The summed E-state index contributed by atoms with van der Waals surface area (Å²) >= 11 is 0.